The van der Waals surface area contributed by atoms with Crippen LogP contribution in [0.3, 0.4) is 0 Å². The van der Waals surface area contributed by atoms with Crippen LogP contribution in [-0.2, 0) is 0 Å². The summed E-state index contributed by atoms with van der Waals surface area (Å²) in [6, 6.07) is 0.826. The second kappa shape index (κ2) is 5.89. The Morgan fingerprint density at radius 1 is 0.800 bits per heavy atom. The number of nitrogens with one attached hydrogen (secondary N) is 1. The highest BCUT2D eigenvalue weighted by molar-refractivity contribution is 4.78. The van der Waals surface area contributed by atoms with Crippen LogP contribution in [0.1, 0.15) is 64.2 Å². The van der Waals surface area contributed by atoms with Gasteiger partial charge in [0.2, 0.25) is 0 Å². The summed E-state index contributed by atoms with van der Waals surface area (Å²) in [5, 5.41) is 3.43. The molecule has 0 atom stereocenters. The molecule has 1 nitrogen and oxygen atoms in total. The molecule has 0 saturated heterocycles. The summed E-state index contributed by atoms with van der Waals surface area (Å²) in [5.74, 6) is 2.16. The minimum absolute atomic E-state index is 0.826. The fourth-order valence-corrected chi connectivity index (χ4v) is 3.58. The van der Waals surface area contributed by atoms with Gasteiger partial charge in [-0.3, -0.25) is 0 Å². The van der Waals surface area contributed by atoms with Gasteiger partial charge in [0.15, 0.2) is 0 Å². The maximum atomic E-state index is 3.43. The minimum atomic E-state index is 0.826. The van der Waals surface area contributed by atoms with E-state index in [1.54, 1.807) is 6.42 Å². The molecule has 0 amide bonds. The molecule has 0 spiro atoms. The first-order chi connectivity index (χ1) is 7.38. The largest absolute Gasteiger partial charge is 0.317 e. The molecule has 88 valence electrons. The van der Waals surface area contributed by atoms with Crippen molar-refractivity contribution in [3.8, 4) is 0 Å². The number of hydrogen-bond donors (Lipinski definition) is 1. The zero-order chi connectivity index (χ0) is 10.5. The smallest absolute Gasteiger partial charge is 0.00642 e. The molecule has 0 aromatic rings. The van der Waals surface area contributed by atoms with Gasteiger partial charge in [-0.15, -0.1) is 0 Å². The molecule has 0 heterocycles. The lowest BCUT2D eigenvalue weighted by Gasteiger charge is -2.32. The van der Waals surface area contributed by atoms with Crippen molar-refractivity contribution < 1.29 is 0 Å². The Kier molecular flexibility index (Phi) is 4.49. The van der Waals surface area contributed by atoms with Gasteiger partial charge >= 0.3 is 0 Å². The van der Waals surface area contributed by atoms with Gasteiger partial charge in [-0.05, 0) is 51.0 Å². The van der Waals surface area contributed by atoms with E-state index in [4.69, 9.17) is 0 Å². The predicted molar refractivity (Wildman–Crippen MR) is 66.0 cm³/mol. The Morgan fingerprint density at radius 3 is 2.00 bits per heavy atom. The van der Waals surface area contributed by atoms with Crippen LogP contribution in [-0.4, -0.2) is 13.1 Å². The molecule has 2 aliphatic carbocycles. The van der Waals surface area contributed by atoms with Crippen LogP contribution < -0.4 is 5.32 Å². The molecule has 0 bridgehead atoms. The van der Waals surface area contributed by atoms with Gasteiger partial charge in [-0.2, -0.15) is 0 Å². The summed E-state index contributed by atoms with van der Waals surface area (Å²) in [6.07, 6.45) is 15.0. The van der Waals surface area contributed by atoms with E-state index < -0.39 is 0 Å². The van der Waals surface area contributed by atoms with Gasteiger partial charge in [0.1, 0.15) is 0 Å². The first-order valence-corrected chi connectivity index (χ1v) is 7.05. The highest BCUT2D eigenvalue weighted by Gasteiger charge is 2.23. The van der Waals surface area contributed by atoms with Crippen LogP contribution in [0.15, 0.2) is 0 Å². The molecule has 0 aromatic heterocycles. The first kappa shape index (κ1) is 11.4. The molecule has 15 heavy (non-hydrogen) atoms. The van der Waals surface area contributed by atoms with Crippen LogP contribution >= 0.6 is 0 Å². The molecule has 2 rings (SSSR count). The Labute approximate surface area is 95.0 Å². The third-order valence-electron chi connectivity index (χ3n) is 4.65. The third kappa shape index (κ3) is 3.48. The predicted octanol–water partition coefficient (Wildman–Crippen LogP) is 3.74. The van der Waals surface area contributed by atoms with E-state index in [2.05, 4.69) is 12.4 Å². The summed E-state index contributed by atoms with van der Waals surface area (Å²) in [5.41, 5.74) is 0. The fraction of sp³-hybridized carbons (Fsp3) is 1.00. The van der Waals surface area contributed by atoms with Crippen molar-refractivity contribution in [2.24, 2.45) is 11.8 Å². The normalized spacial score (nSPS) is 34.2. The maximum Gasteiger partial charge on any atom is 0.00642 e. The molecule has 2 fully saturated rings. The Morgan fingerprint density at radius 2 is 1.40 bits per heavy atom. The van der Waals surface area contributed by atoms with Gasteiger partial charge in [-0.1, -0.05) is 32.1 Å². The topological polar surface area (TPSA) is 12.0 Å². The van der Waals surface area contributed by atoms with Crippen LogP contribution in [0.2, 0.25) is 0 Å². The zero-order valence-corrected chi connectivity index (χ0v) is 10.3. The summed E-state index contributed by atoms with van der Waals surface area (Å²) in [7, 11) is 2.12. The molecular formula is C14H27N. The third-order valence-corrected chi connectivity index (χ3v) is 4.65. The lowest BCUT2D eigenvalue weighted by atomic mass is 9.76. The van der Waals surface area contributed by atoms with Crippen LogP contribution in [0.5, 0.6) is 0 Å². The zero-order valence-electron chi connectivity index (χ0n) is 10.3. The molecule has 2 saturated carbocycles. The lowest BCUT2D eigenvalue weighted by molar-refractivity contribution is 0.225. The Balaban J connectivity index is 1.67. The average Bonchev–Trinajstić information content (AvgIpc) is 2.31. The van der Waals surface area contributed by atoms with Gasteiger partial charge in [0, 0.05) is 6.04 Å². The van der Waals surface area contributed by atoms with Crippen molar-refractivity contribution >= 4 is 0 Å². The highest BCUT2D eigenvalue weighted by Crippen LogP contribution is 2.35. The van der Waals surface area contributed by atoms with Crippen LogP contribution in [0, 0.1) is 11.8 Å². The summed E-state index contributed by atoms with van der Waals surface area (Å²) < 4.78 is 0. The van der Waals surface area contributed by atoms with E-state index in [0.717, 1.165) is 17.9 Å². The summed E-state index contributed by atoms with van der Waals surface area (Å²) in [4.78, 5) is 0. The van der Waals surface area contributed by atoms with Gasteiger partial charge in [0.25, 0.3) is 0 Å². The lowest BCUT2D eigenvalue weighted by Crippen LogP contribution is -2.30. The van der Waals surface area contributed by atoms with Gasteiger partial charge in [0.05, 0.1) is 0 Å². The molecule has 1 N–H and O–H groups in total. The van der Waals surface area contributed by atoms with Crippen molar-refractivity contribution in [3.63, 3.8) is 0 Å². The molecule has 2 aliphatic rings. The molecule has 1 heteroatoms. The van der Waals surface area contributed by atoms with Crippen molar-refractivity contribution in [1.82, 2.24) is 5.32 Å². The maximum absolute atomic E-state index is 3.43. The van der Waals surface area contributed by atoms with Crippen molar-refractivity contribution in [3.05, 3.63) is 0 Å². The SMILES string of the molecule is CNC1CCC(CC2CCCCC2)CC1. The number of hydrogen-bond acceptors (Lipinski definition) is 1. The first-order valence-electron chi connectivity index (χ1n) is 7.05. The van der Waals surface area contributed by atoms with E-state index in [-0.39, 0.29) is 0 Å². The van der Waals surface area contributed by atoms with Crippen LogP contribution in [0.25, 0.3) is 0 Å². The monoisotopic (exact) mass is 209 g/mol. The minimum Gasteiger partial charge on any atom is -0.317 e. The van der Waals surface area contributed by atoms with Crippen molar-refractivity contribution in [2.75, 3.05) is 7.05 Å². The molecule has 0 radical (unpaired) electrons. The Hall–Kier alpha value is -0.0400. The second-order valence-corrected chi connectivity index (χ2v) is 5.75. The van der Waals surface area contributed by atoms with E-state index >= 15 is 0 Å². The summed E-state index contributed by atoms with van der Waals surface area (Å²) >= 11 is 0. The average molecular weight is 209 g/mol. The Bertz CT molecular complexity index is 164. The molecular weight excluding hydrogens is 182 g/mol. The van der Waals surface area contributed by atoms with Gasteiger partial charge < -0.3 is 5.32 Å². The molecule has 0 aromatic carbocycles. The van der Waals surface area contributed by atoms with Crippen molar-refractivity contribution in [1.29, 1.82) is 0 Å². The van der Waals surface area contributed by atoms with E-state index in [9.17, 15) is 0 Å². The fourth-order valence-electron chi connectivity index (χ4n) is 3.58. The molecule has 0 unspecified atom stereocenters. The van der Waals surface area contributed by atoms with Crippen molar-refractivity contribution in [2.45, 2.75) is 70.3 Å². The van der Waals surface area contributed by atoms with E-state index in [0.29, 0.717) is 0 Å². The standard InChI is InChI=1S/C14H27N/c1-15-14-9-7-13(8-10-14)11-12-5-3-2-4-6-12/h12-15H,2-11H2,1H3. The quantitative estimate of drug-likeness (QED) is 0.746. The van der Waals surface area contributed by atoms with Crippen LogP contribution in [0.4, 0.5) is 0 Å². The highest BCUT2D eigenvalue weighted by atomic mass is 14.9. The molecule has 0 aliphatic heterocycles. The van der Waals surface area contributed by atoms with E-state index in [1.165, 1.54) is 57.8 Å². The van der Waals surface area contributed by atoms with E-state index in [1.807, 2.05) is 0 Å². The number of rotatable bonds is 3. The second-order valence-electron chi connectivity index (χ2n) is 5.75. The summed E-state index contributed by atoms with van der Waals surface area (Å²) in [6.45, 7) is 0. The van der Waals surface area contributed by atoms with Gasteiger partial charge in [-0.25, -0.2) is 0 Å².